The minimum Gasteiger partial charge on any atom is -0.455 e. The van der Waals surface area contributed by atoms with Crippen molar-refractivity contribution >= 4 is 16.7 Å². The van der Waals surface area contributed by atoms with Crippen molar-refractivity contribution in [1.29, 1.82) is 0 Å². The van der Waals surface area contributed by atoms with Crippen molar-refractivity contribution in [1.82, 2.24) is 25.6 Å². The van der Waals surface area contributed by atoms with Gasteiger partial charge in [0.25, 0.3) is 0 Å². The molecule has 36 heavy (non-hydrogen) atoms. The zero-order valence-corrected chi connectivity index (χ0v) is 19.1. The second-order valence-electron chi connectivity index (χ2n) is 8.19. The lowest BCUT2D eigenvalue weighted by molar-refractivity contribution is -0.137. The van der Waals surface area contributed by atoms with E-state index in [9.17, 15) is 18.0 Å². The molecule has 0 saturated heterocycles. The van der Waals surface area contributed by atoms with E-state index in [2.05, 4.69) is 30.9 Å². The summed E-state index contributed by atoms with van der Waals surface area (Å²) >= 11 is 0. The molecular weight excluding hydrogens is 473 g/mol. The van der Waals surface area contributed by atoms with Gasteiger partial charge < -0.3 is 9.73 Å². The van der Waals surface area contributed by atoms with Crippen LogP contribution in [0.4, 0.5) is 18.9 Å². The summed E-state index contributed by atoms with van der Waals surface area (Å²) in [7, 11) is 0. The Bertz CT molecular complexity index is 1600. The quantitative estimate of drug-likeness (QED) is 0.332. The number of rotatable bonds is 5. The largest absolute Gasteiger partial charge is 0.455 e. The SMILES string of the molecule is Cc1c(-c2ccccc2)oc2c(C(C)Nc3cccnc3-c3nn[nH]n3)cc(C(F)(F)F)cc2c1=O. The summed E-state index contributed by atoms with van der Waals surface area (Å²) in [4.78, 5) is 17.5. The monoisotopic (exact) mass is 492 g/mol. The number of H-pyrrole nitrogens is 1. The molecule has 11 heteroatoms. The fourth-order valence-electron chi connectivity index (χ4n) is 4.04. The second kappa shape index (κ2) is 8.91. The number of hydrogen-bond donors (Lipinski definition) is 2. The van der Waals surface area contributed by atoms with Crippen molar-refractivity contribution < 1.29 is 17.6 Å². The molecule has 5 rings (SSSR count). The molecule has 0 aliphatic heterocycles. The molecule has 0 fully saturated rings. The first kappa shape index (κ1) is 23.2. The molecule has 2 aromatic carbocycles. The number of benzene rings is 2. The smallest absolute Gasteiger partial charge is 0.416 e. The van der Waals surface area contributed by atoms with Crippen LogP contribution in [0.1, 0.15) is 29.7 Å². The number of fused-ring (bicyclic) bond motifs is 1. The first-order valence-corrected chi connectivity index (χ1v) is 10.9. The zero-order valence-electron chi connectivity index (χ0n) is 19.1. The third-order valence-corrected chi connectivity index (χ3v) is 5.81. The number of aromatic nitrogens is 5. The Morgan fingerprint density at radius 1 is 1.08 bits per heavy atom. The van der Waals surface area contributed by atoms with Gasteiger partial charge in [-0.1, -0.05) is 30.3 Å². The number of anilines is 1. The van der Waals surface area contributed by atoms with Gasteiger partial charge in [-0.25, -0.2) is 0 Å². The first-order chi connectivity index (χ1) is 17.2. The van der Waals surface area contributed by atoms with E-state index in [1.165, 1.54) is 6.20 Å². The van der Waals surface area contributed by atoms with E-state index in [1.54, 1.807) is 50.2 Å². The second-order valence-corrected chi connectivity index (χ2v) is 8.19. The highest BCUT2D eigenvalue weighted by atomic mass is 19.4. The molecule has 3 aromatic heterocycles. The molecule has 0 radical (unpaired) electrons. The van der Waals surface area contributed by atoms with Crippen LogP contribution in [0.5, 0.6) is 0 Å². The molecule has 1 atom stereocenters. The molecule has 0 spiro atoms. The molecular formula is C25H19F3N6O2. The predicted molar refractivity (Wildman–Crippen MR) is 127 cm³/mol. The van der Waals surface area contributed by atoms with E-state index in [0.717, 1.165) is 12.1 Å². The van der Waals surface area contributed by atoms with Gasteiger partial charge in [-0.15, -0.1) is 10.2 Å². The fourth-order valence-corrected chi connectivity index (χ4v) is 4.04. The summed E-state index contributed by atoms with van der Waals surface area (Å²) in [6, 6.07) is 13.4. The maximum Gasteiger partial charge on any atom is 0.416 e. The van der Waals surface area contributed by atoms with Crippen molar-refractivity contribution in [2.45, 2.75) is 26.1 Å². The van der Waals surface area contributed by atoms with Crippen LogP contribution in [0, 0.1) is 6.92 Å². The van der Waals surface area contributed by atoms with E-state index in [4.69, 9.17) is 4.42 Å². The van der Waals surface area contributed by atoms with Gasteiger partial charge in [-0.3, -0.25) is 9.78 Å². The predicted octanol–water partition coefficient (Wildman–Crippen LogP) is 5.54. The maximum atomic E-state index is 13.8. The Kier molecular flexibility index (Phi) is 5.75. The number of pyridine rings is 1. The van der Waals surface area contributed by atoms with Crippen molar-refractivity contribution in [3.8, 4) is 22.8 Å². The third-order valence-electron chi connectivity index (χ3n) is 5.81. The molecule has 8 nitrogen and oxygen atoms in total. The van der Waals surface area contributed by atoms with Crippen molar-refractivity contribution in [3.05, 3.63) is 87.7 Å². The topological polar surface area (TPSA) is 110 Å². The lowest BCUT2D eigenvalue weighted by Gasteiger charge is -2.20. The number of halogens is 3. The van der Waals surface area contributed by atoms with Crippen LogP contribution >= 0.6 is 0 Å². The summed E-state index contributed by atoms with van der Waals surface area (Å²) in [5, 5.41) is 16.8. The van der Waals surface area contributed by atoms with E-state index < -0.39 is 23.2 Å². The Labute approximate surface area is 202 Å². The molecule has 3 heterocycles. The Morgan fingerprint density at radius 3 is 2.56 bits per heavy atom. The molecule has 0 bridgehead atoms. The van der Waals surface area contributed by atoms with Crippen LogP contribution in [0.25, 0.3) is 33.8 Å². The summed E-state index contributed by atoms with van der Waals surface area (Å²) in [5.74, 6) is 0.517. The van der Waals surface area contributed by atoms with E-state index in [1.807, 2.05) is 6.07 Å². The van der Waals surface area contributed by atoms with Crippen molar-refractivity contribution in [2.75, 3.05) is 5.32 Å². The highest BCUT2D eigenvalue weighted by molar-refractivity contribution is 5.85. The molecule has 0 aliphatic rings. The van der Waals surface area contributed by atoms with Crippen molar-refractivity contribution in [2.24, 2.45) is 0 Å². The van der Waals surface area contributed by atoms with Gasteiger partial charge in [0.1, 0.15) is 17.0 Å². The first-order valence-electron chi connectivity index (χ1n) is 10.9. The van der Waals surface area contributed by atoms with E-state index >= 15 is 0 Å². The van der Waals surface area contributed by atoms with Crippen LogP contribution in [0.15, 0.2) is 70.0 Å². The van der Waals surface area contributed by atoms with Crippen LogP contribution < -0.4 is 10.7 Å². The summed E-state index contributed by atoms with van der Waals surface area (Å²) in [6.07, 6.45) is -3.12. The van der Waals surface area contributed by atoms with Gasteiger partial charge in [0, 0.05) is 22.9 Å². The van der Waals surface area contributed by atoms with Gasteiger partial charge in [-0.05, 0) is 43.3 Å². The molecule has 0 aliphatic carbocycles. The molecule has 2 N–H and O–H groups in total. The van der Waals surface area contributed by atoms with Crippen LogP contribution in [-0.4, -0.2) is 25.6 Å². The summed E-state index contributed by atoms with van der Waals surface area (Å²) < 4.78 is 47.6. The van der Waals surface area contributed by atoms with Gasteiger partial charge in [0.05, 0.1) is 22.7 Å². The Morgan fingerprint density at radius 2 is 1.86 bits per heavy atom. The maximum absolute atomic E-state index is 13.8. The normalized spacial score (nSPS) is 12.6. The lowest BCUT2D eigenvalue weighted by Crippen LogP contribution is -2.15. The van der Waals surface area contributed by atoms with Crippen LogP contribution in [0.2, 0.25) is 0 Å². The van der Waals surface area contributed by atoms with E-state index in [0.29, 0.717) is 22.7 Å². The van der Waals surface area contributed by atoms with Gasteiger partial charge in [0.15, 0.2) is 5.43 Å². The van der Waals surface area contributed by atoms with Gasteiger partial charge in [0.2, 0.25) is 5.82 Å². The minimum atomic E-state index is -4.66. The average molecular weight is 492 g/mol. The number of nitrogens with one attached hydrogen (secondary N) is 2. The molecule has 1 unspecified atom stereocenters. The number of alkyl halides is 3. The molecule has 5 aromatic rings. The highest BCUT2D eigenvalue weighted by Crippen LogP contribution is 2.37. The molecule has 0 amide bonds. The third kappa shape index (κ3) is 4.19. The van der Waals surface area contributed by atoms with Crippen molar-refractivity contribution in [3.63, 3.8) is 0 Å². The number of nitrogens with zero attached hydrogens (tertiary/aromatic N) is 4. The Hall–Kier alpha value is -4.54. The highest BCUT2D eigenvalue weighted by Gasteiger charge is 2.33. The minimum absolute atomic E-state index is 0.0717. The molecule has 182 valence electrons. The molecule has 0 saturated carbocycles. The standard InChI is InChI=1S/C25H19F3N6O2/c1-13-21(35)18-12-16(25(26,27)28)11-17(23(18)36-22(13)15-7-4-3-5-8-15)14(2)30-19-9-6-10-29-20(19)24-31-33-34-32-24/h3-12,14,30H,1-2H3,(H,31,32,33,34). The fraction of sp³-hybridized carbons (Fsp3) is 0.160. The van der Waals surface area contributed by atoms with Gasteiger partial charge in [-0.2, -0.15) is 18.4 Å². The zero-order chi connectivity index (χ0) is 25.4. The average Bonchev–Trinajstić information content (AvgIpc) is 3.41. The van der Waals surface area contributed by atoms with Crippen LogP contribution in [0.3, 0.4) is 0 Å². The van der Waals surface area contributed by atoms with Gasteiger partial charge >= 0.3 is 6.18 Å². The number of tetrazole rings is 1. The lowest BCUT2D eigenvalue weighted by atomic mass is 9.98. The number of aromatic amines is 1. The summed E-state index contributed by atoms with van der Waals surface area (Å²) in [6.45, 7) is 3.21. The summed E-state index contributed by atoms with van der Waals surface area (Å²) in [5.41, 5.74) is 0.468. The van der Waals surface area contributed by atoms with Crippen LogP contribution in [-0.2, 0) is 6.18 Å². The number of hydrogen-bond acceptors (Lipinski definition) is 7. The Balaban J connectivity index is 1.70. The van der Waals surface area contributed by atoms with E-state index in [-0.39, 0.29) is 27.9 Å².